The first-order valence-corrected chi connectivity index (χ1v) is 13.3. The summed E-state index contributed by atoms with van der Waals surface area (Å²) in [6.45, 7) is 0. The monoisotopic (exact) mass is 552 g/mol. The molecule has 0 aromatic heterocycles. The molecule has 0 spiro atoms. The highest BCUT2D eigenvalue weighted by molar-refractivity contribution is 7.86. The van der Waals surface area contributed by atoms with Crippen LogP contribution in [0.15, 0.2) is 82.6 Å². The minimum Gasteiger partial charge on any atom is -0.457 e. The second-order valence-corrected chi connectivity index (χ2v) is 11.0. The lowest BCUT2D eigenvalue weighted by atomic mass is 10.0. The van der Waals surface area contributed by atoms with Crippen molar-refractivity contribution in [1.29, 1.82) is 0 Å². The van der Waals surface area contributed by atoms with Crippen LogP contribution in [0.1, 0.15) is 15.9 Å². The highest BCUT2D eigenvalue weighted by Gasteiger charge is 2.18. The Bertz CT molecular complexity index is 1690. The van der Waals surface area contributed by atoms with Crippen LogP contribution in [0.5, 0.6) is 11.5 Å². The molecular formula is C23H14Cl2O8S2. The van der Waals surface area contributed by atoms with E-state index in [1.807, 2.05) is 0 Å². The van der Waals surface area contributed by atoms with Crippen molar-refractivity contribution < 1.29 is 35.5 Å². The van der Waals surface area contributed by atoms with Gasteiger partial charge in [0.2, 0.25) is 0 Å². The fraction of sp³-hybridized carbons (Fsp3) is 0. The van der Waals surface area contributed by atoms with Gasteiger partial charge in [-0.1, -0.05) is 23.2 Å². The van der Waals surface area contributed by atoms with E-state index in [9.17, 15) is 30.7 Å². The quantitative estimate of drug-likeness (QED) is 0.231. The molecule has 0 aliphatic heterocycles. The fourth-order valence-corrected chi connectivity index (χ4v) is 4.73. The second-order valence-electron chi connectivity index (χ2n) is 7.33. The number of hydrogen-bond acceptors (Lipinski definition) is 6. The summed E-state index contributed by atoms with van der Waals surface area (Å²) in [4.78, 5) is 11.8. The first kappa shape index (κ1) is 25.1. The van der Waals surface area contributed by atoms with Crippen LogP contribution in [0.3, 0.4) is 0 Å². The van der Waals surface area contributed by atoms with E-state index in [0.29, 0.717) is 10.4 Å². The predicted octanol–water partition coefficient (Wildman–Crippen LogP) is 5.66. The molecule has 8 nitrogen and oxygen atoms in total. The maximum Gasteiger partial charge on any atom is 0.294 e. The summed E-state index contributed by atoms with van der Waals surface area (Å²) in [5.41, 5.74) is 0.505. The van der Waals surface area contributed by atoms with Gasteiger partial charge >= 0.3 is 0 Å². The summed E-state index contributed by atoms with van der Waals surface area (Å²) in [6.07, 6.45) is 0. The fourth-order valence-electron chi connectivity index (χ4n) is 3.31. The van der Waals surface area contributed by atoms with Gasteiger partial charge in [-0.2, -0.15) is 16.8 Å². The van der Waals surface area contributed by atoms with Gasteiger partial charge in [-0.15, -0.1) is 0 Å². The van der Waals surface area contributed by atoms with Crippen molar-refractivity contribution in [2.24, 2.45) is 0 Å². The summed E-state index contributed by atoms with van der Waals surface area (Å²) in [7, 11) is -9.23. The number of ether oxygens (including phenoxy) is 1. The van der Waals surface area contributed by atoms with Crippen LogP contribution in [0.2, 0.25) is 10.0 Å². The topological polar surface area (TPSA) is 135 Å². The Balaban J connectivity index is 1.73. The molecule has 180 valence electrons. The van der Waals surface area contributed by atoms with E-state index in [1.165, 1.54) is 42.5 Å². The lowest BCUT2D eigenvalue weighted by Gasteiger charge is -2.12. The summed E-state index contributed by atoms with van der Waals surface area (Å²) in [5, 5.41) is 0.959. The lowest BCUT2D eigenvalue weighted by Crippen LogP contribution is -2.02. The summed E-state index contributed by atoms with van der Waals surface area (Å²) in [5.74, 6) is -0.180. The van der Waals surface area contributed by atoms with E-state index in [-0.39, 0.29) is 38.8 Å². The van der Waals surface area contributed by atoms with E-state index in [1.54, 1.807) is 6.07 Å². The molecule has 4 aromatic carbocycles. The normalized spacial score (nSPS) is 12.0. The summed E-state index contributed by atoms with van der Waals surface area (Å²) in [6, 6.07) is 16.0. The van der Waals surface area contributed by atoms with Crippen molar-refractivity contribution in [1.82, 2.24) is 0 Å². The number of fused-ring (bicyclic) bond motifs is 1. The molecule has 0 unspecified atom stereocenters. The Morgan fingerprint density at radius 2 is 1.37 bits per heavy atom. The maximum absolute atomic E-state index is 12.8. The molecule has 0 fully saturated rings. The Morgan fingerprint density at radius 1 is 0.743 bits per heavy atom. The van der Waals surface area contributed by atoms with E-state index in [0.717, 1.165) is 24.3 Å². The minimum absolute atomic E-state index is 0.0195. The van der Waals surface area contributed by atoms with Crippen LogP contribution in [0.25, 0.3) is 10.8 Å². The number of halogens is 2. The molecule has 0 aliphatic carbocycles. The van der Waals surface area contributed by atoms with Crippen LogP contribution < -0.4 is 4.74 Å². The smallest absolute Gasteiger partial charge is 0.294 e. The third-order valence-electron chi connectivity index (χ3n) is 4.97. The van der Waals surface area contributed by atoms with Crippen molar-refractivity contribution in [2.75, 3.05) is 0 Å². The van der Waals surface area contributed by atoms with Crippen LogP contribution in [0, 0.1) is 0 Å². The molecule has 2 N–H and O–H groups in total. The molecule has 0 saturated carbocycles. The van der Waals surface area contributed by atoms with E-state index in [4.69, 9.17) is 27.9 Å². The molecular weight excluding hydrogens is 539 g/mol. The predicted molar refractivity (Wildman–Crippen MR) is 130 cm³/mol. The number of hydrogen-bond donors (Lipinski definition) is 2. The average Bonchev–Trinajstić information content (AvgIpc) is 2.79. The van der Waals surface area contributed by atoms with Gasteiger partial charge in [0.05, 0.1) is 14.8 Å². The van der Waals surface area contributed by atoms with E-state index >= 15 is 0 Å². The third-order valence-corrected chi connectivity index (χ3v) is 7.22. The molecule has 12 heteroatoms. The molecule has 35 heavy (non-hydrogen) atoms. The molecule has 4 rings (SSSR count). The van der Waals surface area contributed by atoms with Crippen LogP contribution in [-0.2, 0) is 20.2 Å². The van der Waals surface area contributed by atoms with E-state index < -0.39 is 30.0 Å². The van der Waals surface area contributed by atoms with Crippen molar-refractivity contribution in [3.8, 4) is 11.5 Å². The Labute approximate surface area is 210 Å². The van der Waals surface area contributed by atoms with Gasteiger partial charge in [0.15, 0.2) is 5.78 Å². The zero-order valence-corrected chi connectivity index (χ0v) is 20.5. The molecule has 0 radical (unpaired) electrons. The average molecular weight is 553 g/mol. The minimum atomic E-state index is -4.67. The number of ketones is 1. The number of carbonyl (C=O) groups excluding carboxylic acids is 1. The molecule has 0 bridgehead atoms. The molecule has 0 atom stereocenters. The number of rotatable bonds is 6. The highest BCUT2D eigenvalue weighted by Crippen LogP contribution is 2.35. The number of carbonyl (C=O) groups is 1. The molecule has 0 amide bonds. The summed E-state index contributed by atoms with van der Waals surface area (Å²) < 4.78 is 71.0. The van der Waals surface area contributed by atoms with Gasteiger partial charge in [-0.25, -0.2) is 0 Å². The van der Waals surface area contributed by atoms with E-state index in [2.05, 4.69) is 0 Å². The van der Waals surface area contributed by atoms with Gasteiger partial charge in [-0.3, -0.25) is 13.9 Å². The third kappa shape index (κ3) is 5.48. The standard InChI is InChI=1S/C23H14Cl2O8S2/c24-15-3-8-21(25)20(11-15)23(26)13-1-4-16(5-2-13)33-22-12-18(35(30,31)32)10-14-9-17(34(27,28)29)6-7-19(14)22/h1-12H,(H,27,28,29)(H,30,31,32). The summed E-state index contributed by atoms with van der Waals surface area (Å²) >= 11 is 12.1. The van der Waals surface area contributed by atoms with Crippen molar-refractivity contribution in [2.45, 2.75) is 9.79 Å². The Morgan fingerprint density at radius 3 is 2.00 bits per heavy atom. The zero-order valence-electron chi connectivity index (χ0n) is 17.3. The second kappa shape index (κ2) is 9.23. The van der Waals surface area contributed by atoms with Crippen LogP contribution in [0.4, 0.5) is 0 Å². The van der Waals surface area contributed by atoms with Crippen molar-refractivity contribution >= 4 is 60.0 Å². The Kier molecular flexibility index (Phi) is 6.62. The maximum atomic E-state index is 12.8. The van der Waals surface area contributed by atoms with Gasteiger partial charge in [-0.05, 0) is 72.1 Å². The van der Waals surface area contributed by atoms with Crippen LogP contribution in [-0.4, -0.2) is 31.7 Å². The zero-order chi connectivity index (χ0) is 25.5. The molecule has 4 aromatic rings. The van der Waals surface area contributed by atoms with Gasteiger partial charge in [0, 0.05) is 27.6 Å². The lowest BCUT2D eigenvalue weighted by molar-refractivity contribution is 0.103. The van der Waals surface area contributed by atoms with Gasteiger partial charge in [0.1, 0.15) is 11.5 Å². The SMILES string of the molecule is O=C(c1ccc(Oc2cc(S(=O)(=O)O)cc3cc(S(=O)(=O)O)ccc23)cc1)c1cc(Cl)ccc1Cl. The first-order chi connectivity index (χ1) is 16.3. The highest BCUT2D eigenvalue weighted by atomic mass is 35.5. The largest absolute Gasteiger partial charge is 0.457 e. The van der Waals surface area contributed by atoms with Gasteiger partial charge in [0.25, 0.3) is 20.2 Å². The van der Waals surface area contributed by atoms with Crippen molar-refractivity contribution in [3.05, 3.63) is 94.0 Å². The molecule has 0 saturated heterocycles. The Hall–Kier alpha value is -2.99. The van der Waals surface area contributed by atoms with Crippen LogP contribution >= 0.6 is 23.2 Å². The number of benzene rings is 4. The first-order valence-electron chi connectivity index (χ1n) is 9.63. The van der Waals surface area contributed by atoms with Crippen molar-refractivity contribution in [3.63, 3.8) is 0 Å². The molecule has 0 aliphatic rings. The van der Waals surface area contributed by atoms with Gasteiger partial charge < -0.3 is 4.74 Å². The molecule has 0 heterocycles.